The normalized spacial score (nSPS) is 10.9. The van der Waals surface area contributed by atoms with Crippen LogP contribution in [-0.4, -0.2) is 30.3 Å². The van der Waals surface area contributed by atoms with Gasteiger partial charge in [0, 0.05) is 11.1 Å². The van der Waals surface area contributed by atoms with Crippen molar-refractivity contribution in [3.05, 3.63) is 48.2 Å². The number of hydrogen-bond donors (Lipinski definition) is 0. The predicted molar refractivity (Wildman–Crippen MR) is 92.4 cm³/mol. The Labute approximate surface area is 152 Å². The Balaban J connectivity index is 1.93. The van der Waals surface area contributed by atoms with E-state index in [1.165, 1.54) is 26.5 Å². The van der Waals surface area contributed by atoms with Gasteiger partial charge in [-0.2, -0.15) is 0 Å². The Bertz CT molecular complexity index is 1130. The maximum absolute atomic E-state index is 11.8. The molecule has 0 spiro atoms. The van der Waals surface area contributed by atoms with Gasteiger partial charge in [-0.05, 0) is 36.4 Å². The average Bonchev–Trinajstić information content (AvgIpc) is 3.35. The number of hydrogen-bond acceptors (Lipinski definition) is 8. The summed E-state index contributed by atoms with van der Waals surface area (Å²) in [5.41, 5.74) is 1.20. The number of aromatic carboxylic acids is 1. The van der Waals surface area contributed by atoms with Crippen LogP contribution < -0.4 is 14.6 Å². The van der Waals surface area contributed by atoms with Gasteiger partial charge in [-0.1, -0.05) is 5.16 Å². The summed E-state index contributed by atoms with van der Waals surface area (Å²) in [5, 5.41) is 15.9. The molecule has 27 heavy (non-hydrogen) atoms. The van der Waals surface area contributed by atoms with Crippen LogP contribution >= 0.6 is 0 Å². The van der Waals surface area contributed by atoms with Crippen LogP contribution in [0.4, 0.5) is 0 Å². The lowest BCUT2D eigenvalue weighted by molar-refractivity contribution is -0.254. The smallest absolute Gasteiger partial charge is 0.259 e. The molecule has 136 valence electrons. The van der Waals surface area contributed by atoms with Crippen LogP contribution in [0.2, 0.25) is 0 Å². The van der Waals surface area contributed by atoms with Crippen molar-refractivity contribution in [2.75, 3.05) is 14.2 Å². The third-order valence-corrected chi connectivity index (χ3v) is 4.10. The third kappa shape index (κ3) is 2.77. The highest BCUT2D eigenvalue weighted by Gasteiger charge is 2.20. The molecule has 8 heteroatoms. The molecule has 3 heterocycles. The number of methoxy groups -OCH3 is 2. The van der Waals surface area contributed by atoms with Gasteiger partial charge in [0.1, 0.15) is 0 Å². The molecule has 1 aromatic carbocycles. The van der Waals surface area contributed by atoms with E-state index in [0.29, 0.717) is 28.5 Å². The van der Waals surface area contributed by atoms with Crippen LogP contribution in [0.5, 0.6) is 11.5 Å². The van der Waals surface area contributed by atoms with Crippen molar-refractivity contribution in [3.63, 3.8) is 0 Å². The molecular formula is C19H13N2O6-. The molecule has 3 aromatic heterocycles. The molecule has 0 fully saturated rings. The van der Waals surface area contributed by atoms with Crippen molar-refractivity contribution in [1.29, 1.82) is 0 Å². The number of nitrogens with zero attached hydrogens (tertiary/aromatic N) is 2. The van der Waals surface area contributed by atoms with Crippen molar-refractivity contribution < 1.29 is 28.3 Å². The molecule has 0 bridgehead atoms. The van der Waals surface area contributed by atoms with E-state index in [9.17, 15) is 9.90 Å². The number of ether oxygens (including phenoxy) is 2. The highest BCUT2D eigenvalue weighted by molar-refractivity contribution is 6.06. The first kappa shape index (κ1) is 16.6. The Hall–Kier alpha value is -3.81. The molecule has 0 aliphatic carbocycles. The van der Waals surface area contributed by atoms with Gasteiger partial charge in [0.25, 0.3) is 5.71 Å². The lowest BCUT2D eigenvalue weighted by Crippen LogP contribution is -2.22. The molecular weight excluding hydrogens is 352 g/mol. The molecule has 0 saturated carbocycles. The molecule has 0 N–H and O–H groups in total. The number of furan rings is 1. The molecule has 0 aliphatic heterocycles. The summed E-state index contributed by atoms with van der Waals surface area (Å²) in [7, 11) is 3.04. The van der Waals surface area contributed by atoms with E-state index < -0.39 is 5.97 Å². The maximum atomic E-state index is 11.8. The molecule has 4 aromatic rings. The summed E-state index contributed by atoms with van der Waals surface area (Å²) in [6.07, 6.45) is 1.46. The second-order valence-corrected chi connectivity index (χ2v) is 5.60. The Morgan fingerprint density at radius 1 is 1.11 bits per heavy atom. The fourth-order valence-corrected chi connectivity index (χ4v) is 2.84. The number of rotatable bonds is 5. The van der Waals surface area contributed by atoms with Crippen molar-refractivity contribution in [2.24, 2.45) is 0 Å². The quantitative estimate of drug-likeness (QED) is 0.530. The number of aromatic nitrogens is 2. The summed E-state index contributed by atoms with van der Waals surface area (Å²) in [4.78, 5) is 16.1. The molecule has 0 unspecified atom stereocenters. The summed E-state index contributed by atoms with van der Waals surface area (Å²) in [6, 6.07) is 9.85. The molecule has 4 rings (SSSR count). The van der Waals surface area contributed by atoms with E-state index >= 15 is 0 Å². The van der Waals surface area contributed by atoms with Crippen LogP contribution in [0, 0.1) is 0 Å². The van der Waals surface area contributed by atoms with Crippen molar-refractivity contribution in [1.82, 2.24) is 10.1 Å². The Morgan fingerprint density at radius 3 is 2.59 bits per heavy atom. The lowest BCUT2D eigenvalue weighted by Gasteiger charge is -2.11. The number of carboxylic acids is 1. The summed E-state index contributed by atoms with van der Waals surface area (Å²) < 4.78 is 21.1. The minimum absolute atomic E-state index is 0.0629. The van der Waals surface area contributed by atoms with E-state index in [4.69, 9.17) is 18.4 Å². The first-order chi connectivity index (χ1) is 13.1. The van der Waals surface area contributed by atoms with E-state index in [2.05, 4.69) is 10.1 Å². The van der Waals surface area contributed by atoms with Crippen molar-refractivity contribution in [2.45, 2.75) is 0 Å². The minimum Gasteiger partial charge on any atom is -0.545 e. The second-order valence-electron chi connectivity index (χ2n) is 5.60. The van der Waals surface area contributed by atoms with Gasteiger partial charge in [0.2, 0.25) is 0 Å². The molecule has 0 aliphatic rings. The van der Waals surface area contributed by atoms with E-state index in [-0.39, 0.29) is 22.4 Å². The number of carboxylic acid groups (broad SMARTS) is 1. The zero-order chi connectivity index (χ0) is 19.0. The number of carbonyl (C=O) groups excluding carboxylic acids is 1. The van der Waals surface area contributed by atoms with Crippen molar-refractivity contribution >= 4 is 17.1 Å². The highest BCUT2D eigenvalue weighted by atomic mass is 16.5. The third-order valence-electron chi connectivity index (χ3n) is 4.10. The highest BCUT2D eigenvalue weighted by Crippen LogP contribution is 2.35. The number of carbonyl (C=O) groups is 1. The van der Waals surface area contributed by atoms with Crippen LogP contribution in [0.1, 0.15) is 10.4 Å². The number of benzene rings is 1. The SMILES string of the molecule is COc1ccc(-c2cc(C(=O)[O-])c3c(-c4ccco4)noc3n2)cc1OC. The summed E-state index contributed by atoms with van der Waals surface area (Å²) in [5.74, 6) is 0.0278. The van der Waals surface area contributed by atoms with Gasteiger partial charge in [0.15, 0.2) is 23.0 Å². The molecule has 0 amide bonds. The maximum Gasteiger partial charge on any atom is 0.259 e. The second kappa shape index (κ2) is 6.49. The van der Waals surface area contributed by atoms with Crippen molar-refractivity contribution in [3.8, 4) is 34.2 Å². The average molecular weight is 365 g/mol. The first-order valence-electron chi connectivity index (χ1n) is 7.90. The number of fused-ring (bicyclic) bond motifs is 1. The van der Waals surface area contributed by atoms with E-state index in [1.807, 2.05) is 0 Å². The van der Waals surface area contributed by atoms with Gasteiger partial charge < -0.3 is 28.3 Å². The summed E-state index contributed by atoms with van der Waals surface area (Å²) >= 11 is 0. The van der Waals surface area contributed by atoms with Gasteiger partial charge in [-0.3, -0.25) is 0 Å². The van der Waals surface area contributed by atoms with Gasteiger partial charge in [-0.25, -0.2) is 4.98 Å². The fraction of sp³-hybridized carbons (Fsp3) is 0.105. The standard InChI is InChI=1S/C19H14N2O6/c1-24-13-6-5-10(8-15(13)25-2)12-9-11(19(22)23)16-17(14-4-3-7-26-14)21-27-18(16)20-12/h3-9H,1-2H3,(H,22,23)/p-1. The Morgan fingerprint density at radius 2 is 1.93 bits per heavy atom. The van der Waals surface area contributed by atoms with Crippen LogP contribution in [0.25, 0.3) is 33.8 Å². The largest absolute Gasteiger partial charge is 0.545 e. The van der Waals surface area contributed by atoms with Gasteiger partial charge in [-0.15, -0.1) is 0 Å². The Kier molecular flexibility index (Phi) is 4.00. The van der Waals surface area contributed by atoms with Crippen LogP contribution in [0.15, 0.2) is 51.6 Å². The zero-order valence-corrected chi connectivity index (χ0v) is 14.4. The molecule has 0 radical (unpaired) electrons. The summed E-state index contributed by atoms with van der Waals surface area (Å²) in [6.45, 7) is 0. The number of pyridine rings is 1. The van der Waals surface area contributed by atoms with Crippen LogP contribution in [0.3, 0.4) is 0 Å². The first-order valence-corrected chi connectivity index (χ1v) is 7.90. The zero-order valence-electron chi connectivity index (χ0n) is 14.4. The minimum atomic E-state index is -1.37. The fourth-order valence-electron chi connectivity index (χ4n) is 2.84. The van der Waals surface area contributed by atoms with Crippen LogP contribution in [-0.2, 0) is 0 Å². The molecule has 0 atom stereocenters. The van der Waals surface area contributed by atoms with Gasteiger partial charge in [0.05, 0.1) is 37.5 Å². The predicted octanol–water partition coefficient (Wildman–Crippen LogP) is 2.53. The monoisotopic (exact) mass is 365 g/mol. The lowest BCUT2D eigenvalue weighted by atomic mass is 10.0. The van der Waals surface area contributed by atoms with E-state index in [0.717, 1.165) is 0 Å². The molecule has 0 saturated heterocycles. The van der Waals surface area contributed by atoms with E-state index in [1.54, 1.807) is 30.3 Å². The van der Waals surface area contributed by atoms with Gasteiger partial charge >= 0.3 is 0 Å². The topological polar surface area (TPSA) is 111 Å². The molecule has 8 nitrogen and oxygen atoms in total.